The molecular weight excluding hydrogens is 240 g/mol. The summed E-state index contributed by atoms with van der Waals surface area (Å²) in [4.78, 5) is 0. The molecule has 0 spiro atoms. The normalized spacial score (nSPS) is 16.4. The molecule has 0 N–H and O–H groups in total. The molecule has 0 saturated heterocycles. The van der Waals surface area contributed by atoms with Crippen LogP contribution in [0.15, 0.2) is 23.8 Å². The van der Waals surface area contributed by atoms with Gasteiger partial charge in [-0.3, -0.25) is 0 Å². The third-order valence-corrected chi connectivity index (χ3v) is 4.20. The van der Waals surface area contributed by atoms with E-state index in [1.807, 2.05) is 13.8 Å². The second-order valence-corrected chi connectivity index (χ2v) is 6.35. The monoisotopic (exact) mass is 280 g/mol. The van der Waals surface area contributed by atoms with E-state index >= 15 is 0 Å². The second kappa shape index (κ2) is 12.2. The molecule has 0 aromatic heterocycles. The van der Waals surface area contributed by atoms with Crippen LogP contribution in [0, 0.1) is 11.3 Å². The minimum Gasteiger partial charge on any atom is -0.0996 e. The molecule has 0 aliphatic heterocycles. The van der Waals surface area contributed by atoms with Gasteiger partial charge in [0.05, 0.1) is 0 Å². The van der Waals surface area contributed by atoms with Gasteiger partial charge in [-0.25, -0.2) is 0 Å². The number of hydrogen-bond donors (Lipinski definition) is 0. The van der Waals surface area contributed by atoms with Crippen molar-refractivity contribution < 1.29 is 0 Å². The molecule has 1 aliphatic carbocycles. The van der Waals surface area contributed by atoms with E-state index in [0.717, 1.165) is 12.3 Å². The first-order chi connectivity index (χ1) is 9.38. The lowest BCUT2D eigenvalue weighted by Gasteiger charge is -2.43. The van der Waals surface area contributed by atoms with Crippen molar-refractivity contribution in [2.75, 3.05) is 0 Å². The summed E-state index contributed by atoms with van der Waals surface area (Å²) in [5.41, 5.74) is 3.42. The van der Waals surface area contributed by atoms with Crippen LogP contribution in [-0.4, -0.2) is 0 Å². The molecule has 0 aromatic rings. The van der Waals surface area contributed by atoms with Gasteiger partial charge in [-0.15, -0.1) is 0 Å². The summed E-state index contributed by atoms with van der Waals surface area (Å²) in [5.74, 6) is 0.884. The predicted octanol–water partition coefficient (Wildman–Crippen LogP) is 7.56. The topological polar surface area (TPSA) is 0 Å². The first-order valence-corrected chi connectivity index (χ1v) is 8.69. The van der Waals surface area contributed by atoms with Gasteiger partial charge in [0.25, 0.3) is 0 Å². The lowest BCUT2D eigenvalue weighted by atomic mass is 9.62. The molecule has 0 radical (unpaired) electrons. The number of allylic oxidation sites excluding steroid dienone is 3. The molecule has 20 heavy (non-hydrogen) atoms. The van der Waals surface area contributed by atoms with E-state index in [1.165, 1.54) is 37.7 Å². The Morgan fingerprint density at radius 2 is 1.60 bits per heavy atom. The van der Waals surface area contributed by atoms with Gasteiger partial charge in [-0.05, 0) is 50.9 Å². The van der Waals surface area contributed by atoms with Gasteiger partial charge < -0.3 is 0 Å². The first-order valence-electron chi connectivity index (χ1n) is 8.69. The molecule has 1 saturated carbocycles. The molecule has 0 amide bonds. The zero-order chi connectivity index (χ0) is 16.2. The molecule has 0 aromatic carbocycles. The van der Waals surface area contributed by atoms with Crippen LogP contribution in [0.2, 0.25) is 0 Å². The van der Waals surface area contributed by atoms with Crippen LogP contribution in [0.25, 0.3) is 0 Å². The Balaban J connectivity index is 0. The largest absolute Gasteiger partial charge is 0.0996 e. The van der Waals surface area contributed by atoms with Gasteiger partial charge in [-0.2, -0.15) is 0 Å². The Morgan fingerprint density at radius 3 is 1.80 bits per heavy atom. The average Bonchev–Trinajstić information content (AvgIpc) is 2.37. The second-order valence-electron chi connectivity index (χ2n) is 6.35. The average molecular weight is 281 g/mol. The fourth-order valence-electron chi connectivity index (χ4n) is 2.31. The lowest BCUT2D eigenvalue weighted by Crippen LogP contribution is -2.30. The van der Waals surface area contributed by atoms with E-state index in [0.29, 0.717) is 5.41 Å². The van der Waals surface area contributed by atoms with E-state index < -0.39 is 0 Å². The van der Waals surface area contributed by atoms with Gasteiger partial charge in [0.2, 0.25) is 0 Å². The molecule has 0 atom stereocenters. The fraction of sp³-hybridized carbons (Fsp3) is 0.800. The van der Waals surface area contributed by atoms with Crippen molar-refractivity contribution in [1.29, 1.82) is 0 Å². The van der Waals surface area contributed by atoms with Crippen LogP contribution in [-0.2, 0) is 0 Å². The third kappa shape index (κ3) is 8.61. The predicted molar refractivity (Wildman–Crippen MR) is 96.2 cm³/mol. The van der Waals surface area contributed by atoms with Gasteiger partial charge in [0.15, 0.2) is 0 Å². The van der Waals surface area contributed by atoms with E-state index in [1.54, 1.807) is 5.57 Å². The van der Waals surface area contributed by atoms with Crippen LogP contribution in [0.5, 0.6) is 0 Å². The van der Waals surface area contributed by atoms with Gasteiger partial charge in [-0.1, -0.05) is 78.2 Å². The standard InChI is InChI=1S/C13H22.C5H12.C2H6/c1-5-7-12(4)10-13(11(2)3)8-6-9-13;1-4-5(2)3;1-2/h7H,2,5-6,8-10H2,1,3-4H3;5H,4H2,1-3H3;1-2H3/b12-7+;;. The van der Waals surface area contributed by atoms with Gasteiger partial charge >= 0.3 is 0 Å². The fourth-order valence-corrected chi connectivity index (χ4v) is 2.31. The summed E-state index contributed by atoms with van der Waals surface area (Å²) in [5, 5.41) is 0. The zero-order valence-electron chi connectivity index (χ0n) is 15.6. The Morgan fingerprint density at radius 1 is 1.15 bits per heavy atom. The summed E-state index contributed by atoms with van der Waals surface area (Å²) in [6, 6.07) is 0. The van der Waals surface area contributed by atoms with Crippen LogP contribution in [0.4, 0.5) is 0 Å². The van der Waals surface area contributed by atoms with E-state index in [-0.39, 0.29) is 0 Å². The number of rotatable bonds is 5. The van der Waals surface area contributed by atoms with Crippen LogP contribution in [0.3, 0.4) is 0 Å². The quantitative estimate of drug-likeness (QED) is 0.456. The highest BCUT2D eigenvalue weighted by atomic mass is 14.4. The van der Waals surface area contributed by atoms with Gasteiger partial charge in [0.1, 0.15) is 0 Å². The van der Waals surface area contributed by atoms with E-state index in [4.69, 9.17) is 0 Å². The maximum absolute atomic E-state index is 4.14. The maximum Gasteiger partial charge on any atom is -0.00565 e. The van der Waals surface area contributed by atoms with E-state index in [2.05, 4.69) is 54.2 Å². The lowest BCUT2D eigenvalue weighted by molar-refractivity contribution is 0.185. The Bertz CT molecular complexity index is 264. The summed E-state index contributed by atoms with van der Waals surface area (Å²) < 4.78 is 0. The van der Waals surface area contributed by atoms with Crippen molar-refractivity contribution >= 4 is 0 Å². The molecule has 0 nitrogen and oxygen atoms in total. The smallest absolute Gasteiger partial charge is 0.00565 e. The molecule has 1 rings (SSSR count). The molecule has 0 heterocycles. The highest BCUT2D eigenvalue weighted by molar-refractivity contribution is 5.17. The molecule has 120 valence electrons. The molecule has 0 bridgehead atoms. The van der Waals surface area contributed by atoms with Crippen molar-refractivity contribution in [3.8, 4) is 0 Å². The summed E-state index contributed by atoms with van der Waals surface area (Å²) in [7, 11) is 0. The van der Waals surface area contributed by atoms with Crippen LogP contribution >= 0.6 is 0 Å². The molecule has 0 unspecified atom stereocenters. The summed E-state index contributed by atoms with van der Waals surface area (Å²) >= 11 is 0. The Kier molecular flexibility index (Phi) is 13.3. The van der Waals surface area contributed by atoms with Crippen molar-refractivity contribution in [2.45, 2.75) is 93.9 Å². The zero-order valence-corrected chi connectivity index (χ0v) is 15.6. The van der Waals surface area contributed by atoms with Crippen molar-refractivity contribution in [3.63, 3.8) is 0 Å². The van der Waals surface area contributed by atoms with Crippen molar-refractivity contribution in [2.24, 2.45) is 11.3 Å². The number of hydrogen-bond acceptors (Lipinski definition) is 0. The Labute approximate surface area is 129 Å². The molecular formula is C20H40. The Hall–Kier alpha value is -0.520. The van der Waals surface area contributed by atoms with Crippen molar-refractivity contribution in [3.05, 3.63) is 23.8 Å². The van der Waals surface area contributed by atoms with Crippen LogP contribution in [0.1, 0.15) is 93.9 Å². The van der Waals surface area contributed by atoms with E-state index in [9.17, 15) is 0 Å². The molecule has 1 fully saturated rings. The van der Waals surface area contributed by atoms with Crippen molar-refractivity contribution in [1.82, 2.24) is 0 Å². The minimum absolute atomic E-state index is 0.482. The maximum atomic E-state index is 4.14. The van der Waals surface area contributed by atoms with Gasteiger partial charge in [0, 0.05) is 0 Å². The minimum atomic E-state index is 0.482. The highest BCUT2D eigenvalue weighted by Gasteiger charge is 2.37. The molecule has 0 heteroatoms. The molecule has 1 aliphatic rings. The van der Waals surface area contributed by atoms with Crippen LogP contribution < -0.4 is 0 Å². The summed E-state index contributed by atoms with van der Waals surface area (Å²) in [6.45, 7) is 21.4. The highest BCUT2D eigenvalue weighted by Crippen LogP contribution is 2.50. The SMILES string of the molecule is C=C(C)C1(C/C(C)=C/CC)CCC1.CC.CCC(C)C. The third-order valence-electron chi connectivity index (χ3n) is 4.20. The first kappa shape index (κ1) is 21.8. The summed E-state index contributed by atoms with van der Waals surface area (Å²) in [6.07, 6.45) is 10.2.